The smallest absolute Gasteiger partial charge is 0.221 e. The summed E-state index contributed by atoms with van der Waals surface area (Å²) in [4.78, 5) is 11.5. The maximum atomic E-state index is 11.5. The minimum absolute atomic E-state index is 0.174. The predicted molar refractivity (Wildman–Crippen MR) is 73.3 cm³/mol. The lowest BCUT2D eigenvalue weighted by molar-refractivity contribution is -0.121. The first kappa shape index (κ1) is 13.1. The fourth-order valence-electron chi connectivity index (χ4n) is 2.07. The number of benzene rings is 1. The molecule has 1 unspecified atom stereocenters. The summed E-state index contributed by atoms with van der Waals surface area (Å²) in [5, 5.41) is 6.46. The van der Waals surface area contributed by atoms with Gasteiger partial charge in [0.25, 0.3) is 0 Å². The standard InChI is InChI=1S/C15H22N2O/c1-2-14(12-6-4-3-5-7-12)16-11-10-15(18)17-13-8-9-13/h3-7,13-14,16H,2,8-11H2,1H3,(H,17,18). The van der Waals surface area contributed by atoms with E-state index in [1.54, 1.807) is 0 Å². The third-order valence-electron chi connectivity index (χ3n) is 3.30. The number of hydrogen-bond donors (Lipinski definition) is 2. The molecule has 1 aliphatic carbocycles. The van der Waals surface area contributed by atoms with Crippen molar-refractivity contribution in [3.63, 3.8) is 0 Å². The Labute approximate surface area is 109 Å². The van der Waals surface area contributed by atoms with Gasteiger partial charge in [-0.3, -0.25) is 4.79 Å². The monoisotopic (exact) mass is 246 g/mol. The number of carbonyl (C=O) groups excluding carboxylic acids is 1. The molecule has 1 amide bonds. The van der Waals surface area contributed by atoms with Crippen LogP contribution in [0.1, 0.15) is 44.2 Å². The topological polar surface area (TPSA) is 41.1 Å². The predicted octanol–water partition coefficient (Wildman–Crippen LogP) is 2.40. The zero-order chi connectivity index (χ0) is 12.8. The van der Waals surface area contributed by atoms with E-state index in [1.165, 1.54) is 5.56 Å². The second kappa shape index (κ2) is 6.55. The van der Waals surface area contributed by atoms with Crippen molar-refractivity contribution < 1.29 is 4.79 Å². The molecule has 0 heterocycles. The second-order valence-electron chi connectivity index (χ2n) is 4.92. The number of nitrogens with one attached hydrogen (secondary N) is 2. The SMILES string of the molecule is CCC(NCCC(=O)NC1CC1)c1ccccc1. The summed E-state index contributed by atoms with van der Waals surface area (Å²) in [6.07, 6.45) is 3.91. The van der Waals surface area contributed by atoms with Crippen molar-refractivity contribution in [2.24, 2.45) is 0 Å². The Balaban J connectivity index is 1.71. The lowest BCUT2D eigenvalue weighted by atomic mass is 10.0. The van der Waals surface area contributed by atoms with Gasteiger partial charge in [-0.1, -0.05) is 37.3 Å². The van der Waals surface area contributed by atoms with Crippen LogP contribution >= 0.6 is 0 Å². The van der Waals surface area contributed by atoms with Crippen LogP contribution in [0, 0.1) is 0 Å². The van der Waals surface area contributed by atoms with E-state index in [0.717, 1.165) is 25.8 Å². The zero-order valence-electron chi connectivity index (χ0n) is 11.0. The van der Waals surface area contributed by atoms with Gasteiger partial charge in [-0.15, -0.1) is 0 Å². The van der Waals surface area contributed by atoms with Crippen LogP contribution in [-0.4, -0.2) is 18.5 Å². The van der Waals surface area contributed by atoms with Crippen LogP contribution in [0.25, 0.3) is 0 Å². The Hall–Kier alpha value is -1.35. The summed E-state index contributed by atoms with van der Waals surface area (Å²) in [7, 11) is 0. The highest BCUT2D eigenvalue weighted by molar-refractivity contribution is 5.76. The van der Waals surface area contributed by atoms with E-state index < -0.39 is 0 Å². The molecule has 3 heteroatoms. The summed E-state index contributed by atoms with van der Waals surface area (Å²) in [6.45, 7) is 2.90. The van der Waals surface area contributed by atoms with E-state index in [-0.39, 0.29) is 5.91 Å². The molecule has 1 aliphatic rings. The van der Waals surface area contributed by atoms with Gasteiger partial charge in [0.2, 0.25) is 5.91 Å². The van der Waals surface area contributed by atoms with E-state index in [4.69, 9.17) is 0 Å². The van der Waals surface area contributed by atoms with Gasteiger partial charge >= 0.3 is 0 Å². The van der Waals surface area contributed by atoms with Gasteiger partial charge in [0.15, 0.2) is 0 Å². The van der Waals surface area contributed by atoms with E-state index in [9.17, 15) is 4.79 Å². The van der Waals surface area contributed by atoms with Crippen molar-refractivity contribution in [3.05, 3.63) is 35.9 Å². The average molecular weight is 246 g/mol. The molecule has 1 fully saturated rings. The minimum Gasteiger partial charge on any atom is -0.353 e. The quantitative estimate of drug-likeness (QED) is 0.775. The van der Waals surface area contributed by atoms with Gasteiger partial charge in [-0.2, -0.15) is 0 Å². The van der Waals surface area contributed by atoms with Crippen LogP contribution in [0.3, 0.4) is 0 Å². The number of carbonyl (C=O) groups is 1. The summed E-state index contributed by atoms with van der Waals surface area (Å²) >= 11 is 0. The lowest BCUT2D eigenvalue weighted by Gasteiger charge is -2.17. The largest absolute Gasteiger partial charge is 0.353 e. The molecule has 2 N–H and O–H groups in total. The van der Waals surface area contributed by atoms with E-state index >= 15 is 0 Å². The van der Waals surface area contributed by atoms with Gasteiger partial charge in [-0.25, -0.2) is 0 Å². The van der Waals surface area contributed by atoms with Gasteiger partial charge in [0.05, 0.1) is 0 Å². The first-order valence-corrected chi connectivity index (χ1v) is 6.87. The molecule has 2 rings (SSSR count). The third-order valence-corrected chi connectivity index (χ3v) is 3.30. The molecule has 1 saturated carbocycles. The molecule has 0 aliphatic heterocycles. The summed E-state index contributed by atoms with van der Waals surface area (Å²) < 4.78 is 0. The van der Waals surface area contributed by atoms with Gasteiger partial charge in [0.1, 0.15) is 0 Å². The first-order chi connectivity index (χ1) is 8.79. The molecule has 1 atom stereocenters. The summed E-state index contributed by atoms with van der Waals surface area (Å²) in [5.74, 6) is 0.174. The van der Waals surface area contributed by atoms with Crippen molar-refractivity contribution in [3.8, 4) is 0 Å². The number of rotatable bonds is 7. The summed E-state index contributed by atoms with van der Waals surface area (Å²) in [5.41, 5.74) is 1.29. The van der Waals surface area contributed by atoms with Crippen LogP contribution in [0.15, 0.2) is 30.3 Å². The first-order valence-electron chi connectivity index (χ1n) is 6.87. The van der Waals surface area contributed by atoms with Crippen molar-refractivity contribution in [1.82, 2.24) is 10.6 Å². The maximum Gasteiger partial charge on any atom is 0.221 e. The van der Waals surface area contributed by atoms with Gasteiger partial charge in [-0.05, 0) is 24.8 Å². The van der Waals surface area contributed by atoms with E-state index in [0.29, 0.717) is 18.5 Å². The lowest BCUT2D eigenvalue weighted by Crippen LogP contribution is -2.30. The fraction of sp³-hybridized carbons (Fsp3) is 0.533. The summed E-state index contributed by atoms with van der Waals surface area (Å²) in [6, 6.07) is 11.2. The van der Waals surface area contributed by atoms with Crippen molar-refractivity contribution in [2.45, 2.75) is 44.7 Å². The highest BCUT2D eigenvalue weighted by Gasteiger charge is 2.22. The molecule has 0 radical (unpaired) electrons. The molecule has 98 valence electrons. The van der Waals surface area contributed by atoms with Crippen LogP contribution in [0.4, 0.5) is 0 Å². The molecule has 18 heavy (non-hydrogen) atoms. The van der Waals surface area contributed by atoms with E-state index in [2.05, 4.69) is 41.8 Å². The highest BCUT2D eigenvalue weighted by atomic mass is 16.1. The molecule has 0 bridgehead atoms. The van der Waals surface area contributed by atoms with Crippen molar-refractivity contribution in [1.29, 1.82) is 0 Å². The van der Waals surface area contributed by atoms with E-state index in [1.807, 2.05) is 6.07 Å². The highest BCUT2D eigenvalue weighted by Crippen LogP contribution is 2.18. The molecule has 1 aromatic carbocycles. The number of amides is 1. The second-order valence-corrected chi connectivity index (χ2v) is 4.92. The fourth-order valence-corrected chi connectivity index (χ4v) is 2.07. The van der Waals surface area contributed by atoms with Crippen LogP contribution in [0.2, 0.25) is 0 Å². The Morgan fingerprint density at radius 3 is 2.67 bits per heavy atom. The van der Waals surface area contributed by atoms with Gasteiger partial charge < -0.3 is 10.6 Å². The number of hydrogen-bond acceptors (Lipinski definition) is 2. The molecule has 1 aromatic rings. The molecular weight excluding hydrogens is 224 g/mol. The Bertz CT molecular complexity index is 373. The van der Waals surface area contributed by atoms with Crippen molar-refractivity contribution in [2.75, 3.05) is 6.54 Å². The molecule has 0 saturated heterocycles. The molecule has 3 nitrogen and oxygen atoms in total. The molecular formula is C15H22N2O. The Morgan fingerprint density at radius 1 is 1.33 bits per heavy atom. The van der Waals surface area contributed by atoms with Crippen molar-refractivity contribution >= 4 is 5.91 Å². The Kier molecular flexibility index (Phi) is 4.76. The van der Waals surface area contributed by atoms with Gasteiger partial charge in [0, 0.05) is 25.0 Å². The van der Waals surface area contributed by atoms with Crippen LogP contribution < -0.4 is 10.6 Å². The molecule has 0 spiro atoms. The third kappa shape index (κ3) is 4.15. The maximum absolute atomic E-state index is 11.5. The van der Waals surface area contributed by atoms with Crippen LogP contribution in [-0.2, 0) is 4.79 Å². The normalized spacial score (nSPS) is 16.3. The average Bonchev–Trinajstić information content (AvgIpc) is 3.19. The Morgan fingerprint density at radius 2 is 2.06 bits per heavy atom. The van der Waals surface area contributed by atoms with Crippen LogP contribution in [0.5, 0.6) is 0 Å². The minimum atomic E-state index is 0.174. The molecule has 0 aromatic heterocycles. The zero-order valence-corrected chi connectivity index (χ0v) is 11.0.